The smallest absolute Gasteiger partial charge is 0.337 e. The largest absolute Gasteiger partial charge is 0.465 e. The molecular formula is C16H15ClN4O2. The van der Waals surface area contributed by atoms with Crippen molar-refractivity contribution in [2.75, 3.05) is 12.8 Å². The number of rotatable bonds is 3. The summed E-state index contributed by atoms with van der Waals surface area (Å²) in [4.78, 5) is 19.7. The molecule has 0 fully saturated rings. The minimum atomic E-state index is -0.349. The number of benzene rings is 1. The van der Waals surface area contributed by atoms with Gasteiger partial charge in [-0.3, -0.25) is 0 Å². The third kappa shape index (κ3) is 2.85. The van der Waals surface area contributed by atoms with Gasteiger partial charge in [-0.05, 0) is 36.2 Å². The summed E-state index contributed by atoms with van der Waals surface area (Å²) >= 11 is 6.19. The molecule has 0 aliphatic rings. The Kier molecular flexibility index (Phi) is 3.92. The van der Waals surface area contributed by atoms with Gasteiger partial charge in [0.2, 0.25) is 5.95 Å². The second-order valence-corrected chi connectivity index (χ2v) is 5.54. The zero-order chi connectivity index (χ0) is 16.6. The SMILES string of the molecule is COC(=O)c1ccc(Cn2ccc3nc(N)nc(Cl)c32)c(C)c1. The highest BCUT2D eigenvalue weighted by Gasteiger charge is 2.12. The first-order valence-corrected chi connectivity index (χ1v) is 7.33. The molecule has 0 spiro atoms. The Morgan fingerprint density at radius 2 is 2.13 bits per heavy atom. The Morgan fingerprint density at radius 1 is 1.35 bits per heavy atom. The summed E-state index contributed by atoms with van der Waals surface area (Å²) in [6.45, 7) is 2.54. The van der Waals surface area contributed by atoms with Crippen molar-refractivity contribution in [3.05, 3.63) is 52.3 Å². The standard InChI is InChI=1S/C16H15ClN4O2/c1-9-7-10(15(22)23-2)3-4-11(9)8-21-6-5-12-13(21)14(17)20-16(18)19-12/h3-7H,8H2,1-2H3,(H2,18,19,20). The van der Waals surface area contributed by atoms with E-state index < -0.39 is 0 Å². The van der Waals surface area contributed by atoms with Crippen molar-refractivity contribution in [3.63, 3.8) is 0 Å². The summed E-state index contributed by atoms with van der Waals surface area (Å²) in [5, 5.41) is 0.321. The van der Waals surface area contributed by atoms with Crippen LogP contribution in [0, 0.1) is 6.92 Å². The van der Waals surface area contributed by atoms with Crippen molar-refractivity contribution >= 4 is 34.6 Å². The lowest BCUT2D eigenvalue weighted by Crippen LogP contribution is -2.05. The summed E-state index contributed by atoms with van der Waals surface area (Å²) in [7, 11) is 1.37. The summed E-state index contributed by atoms with van der Waals surface area (Å²) in [6.07, 6.45) is 1.89. The van der Waals surface area contributed by atoms with Crippen LogP contribution in [-0.2, 0) is 11.3 Å². The topological polar surface area (TPSA) is 83.0 Å². The van der Waals surface area contributed by atoms with E-state index >= 15 is 0 Å². The van der Waals surface area contributed by atoms with Gasteiger partial charge in [-0.1, -0.05) is 17.7 Å². The predicted molar refractivity (Wildman–Crippen MR) is 88.6 cm³/mol. The van der Waals surface area contributed by atoms with E-state index in [0.29, 0.717) is 22.8 Å². The molecule has 3 aromatic rings. The molecule has 2 heterocycles. The van der Waals surface area contributed by atoms with Gasteiger partial charge < -0.3 is 15.0 Å². The molecule has 6 nitrogen and oxygen atoms in total. The van der Waals surface area contributed by atoms with Crippen LogP contribution in [0.4, 0.5) is 5.95 Å². The maximum absolute atomic E-state index is 11.6. The van der Waals surface area contributed by atoms with Gasteiger partial charge in [-0.25, -0.2) is 9.78 Å². The van der Waals surface area contributed by atoms with E-state index in [1.165, 1.54) is 7.11 Å². The van der Waals surface area contributed by atoms with E-state index in [-0.39, 0.29) is 11.9 Å². The first-order chi connectivity index (χ1) is 11.0. The minimum Gasteiger partial charge on any atom is -0.465 e. The molecule has 0 saturated carbocycles. The lowest BCUT2D eigenvalue weighted by Gasteiger charge is -2.10. The first kappa shape index (κ1) is 15.3. The maximum atomic E-state index is 11.6. The number of aryl methyl sites for hydroxylation is 1. The normalized spacial score (nSPS) is 10.9. The number of carbonyl (C=O) groups is 1. The molecule has 7 heteroatoms. The molecule has 0 aliphatic heterocycles. The lowest BCUT2D eigenvalue weighted by molar-refractivity contribution is 0.0600. The Labute approximate surface area is 137 Å². The zero-order valence-electron chi connectivity index (χ0n) is 12.7. The highest BCUT2D eigenvalue weighted by Crippen LogP contribution is 2.24. The summed E-state index contributed by atoms with van der Waals surface area (Å²) in [5.74, 6) is -0.197. The lowest BCUT2D eigenvalue weighted by atomic mass is 10.0. The number of hydrogen-bond acceptors (Lipinski definition) is 5. The van der Waals surface area contributed by atoms with Crippen LogP contribution in [0.2, 0.25) is 5.15 Å². The fourth-order valence-electron chi connectivity index (χ4n) is 2.51. The van der Waals surface area contributed by atoms with Crippen LogP contribution in [0.25, 0.3) is 11.0 Å². The highest BCUT2D eigenvalue weighted by molar-refractivity contribution is 6.33. The number of hydrogen-bond donors (Lipinski definition) is 1. The van der Waals surface area contributed by atoms with Gasteiger partial charge in [0.15, 0.2) is 5.15 Å². The van der Waals surface area contributed by atoms with Crippen molar-refractivity contribution in [3.8, 4) is 0 Å². The number of nitrogen functional groups attached to an aromatic ring is 1. The fourth-order valence-corrected chi connectivity index (χ4v) is 2.80. The van der Waals surface area contributed by atoms with Crippen molar-refractivity contribution in [1.82, 2.24) is 14.5 Å². The quantitative estimate of drug-likeness (QED) is 0.589. The number of esters is 1. The minimum absolute atomic E-state index is 0.152. The number of carbonyl (C=O) groups excluding carboxylic acids is 1. The molecule has 23 heavy (non-hydrogen) atoms. The van der Waals surface area contributed by atoms with Crippen LogP contribution in [0.15, 0.2) is 30.5 Å². The van der Waals surface area contributed by atoms with Crippen molar-refractivity contribution < 1.29 is 9.53 Å². The Bertz CT molecular complexity index is 904. The molecule has 2 aromatic heterocycles. The second-order valence-electron chi connectivity index (χ2n) is 5.18. The van der Waals surface area contributed by atoms with Crippen molar-refractivity contribution in [2.45, 2.75) is 13.5 Å². The molecule has 0 radical (unpaired) electrons. The average Bonchev–Trinajstić information content (AvgIpc) is 2.91. The molecule has 0 bridgehead atoms. The van der Waals surface area contributed by atoms with Gasteiger partial charge in [0.25, 0.3) is 0 Å². The molecule has 0 saturated heterocycles. The number of methoxy groups -OCH3 is 1. The van der Waals surface area contributed by atoms with Crippen molar-refractivity contribution in [2.24, 2.45) is 0 Å². The van der Waals surface area contributed by atoms with E-state index in [1.807, 2.05) is 35.9 Å². The molecular weight excluding hydrogens is 316 g/mol. The third-order valence-corrected chi connectivity index (χ3v) is 3.95. The number of nitrogens with two attached hydrogens (primary N) is 1. The summed E-state index contributed by atoms with van der Waals surface area (Å²) < 4.78 is 6.69. The Morgan fingerprint density at radius 3 is 2.83 bits per heavy atom. The number of aromatic nitrogens is 3. The number of nitrogens with zero attached hydrogens (tertiary/aromatic N) is 3. The molecule has 0 atom stereocenters. The van der Waals surface area contributed by atoms with Gasteiger partial charge in [0, 0.05) is 12.7 Å². The van der Waals surface area contributed by atoms with Gasteiger partial charge in [-0.15, -0.1) is 0 Å². The number of fused-ring (bicyclic) bond motifs is 1. The molecule has 1 aromatic carbocycles. The fraction of sp³-hybridized carbons (Fsp3) is 0.188. The van der Waals surface area contributed by atoms with Crippen LogP contribution in [-0.4, -0.2) is 27.6 Å². The molecule has 2 N–H and O–H groups in total. The van der Waals surface area contributed by atoms with E-state index in [2.05, 4.69) is 9.97 Å². The van der Waals surface area contributed by atoms with Crippen LogP contribution >= 0.6 is 11.6 Å². The predicted octanol–water partition coefficient (Wildman–Crippen LogP) is 2.81. The molecule has 118 valence electrons. The van der Waals surface area contributed by atoms with E-state index in [4.69, 9.17) is 22.1 Å². The summed E-state index contributed by atoms with van der Waals surface area (Å²) in [6, 6.07) is 7.30. The van der Waals surface area contributed by atoms with Gasteiger partial charge in [-0.2, -0.15) is 4.98 Å². The Hall–Kier alpha value is -2.60. The summed E-state index contributed by atoms with van der Waals surface area (Å²) in [5.41, 5.74) is 9.62. The third-order valence-electron chi connectivity index (χ3n) is 3.69. The monoisotopic (exact) mass is 330 g/mol. The zero-order valence-corrected chi connectivity index (χ0v) is 13.5. The maximum Gasteiger partial charge on any atom is 0.337 e. The second kappa shape index (κ2) is 5.89. The van der Waals surface area contributed by atoms with E-state index in [0.717, 1.165) is 16.6 Å². The van der Waals surface area contributed by atoms with Crippen molar-refractivity contribution in [1.29, 1.82) is 0 Å². The number of halogens is 1. The van der Waals surface area contributed by atoms with Crippen LogP contribution in [0.3, 0.4) is 0 Å². The van der Waals surface area contributed by atoms with Crippen LogP contribution in [0.5, 0.6) is 0 Å². The molecule has 0 aliphatic carbocycles. The number of anilines is 1. The Balaban J connectivity index is 1.98. The van der Waals surface area contributed by atoms with Gasteiger partial charge in [0.1, 0.15) is 5.52 Å². The molecule has 3 rings (SSSR count). The van der Waals surface area contributed by atoms with Gasteiger partial charge in [0.05, 0.1) is 18.2 Å². The highest BCUT2D eigenvalue weighted by atomic mass is 35.5. The van der Waals surface area contributed by atoms with Crippen LogP contribution < -0.4 is 5.73 Å². The average molecular weight is 331 g/mol. The van der Waals surface area contributed by atoms with Gasteiger partial charge >= 0.3 is 5.97 Å². The molecule has 0 unspecified atom stereocenters. The van der Waals surface area contributed by atoms with E-state index in [1.54, 1.807) is 6.07 Å². The van der Waals surface area contributed by atoms with Crippen LogP contribution in [0.1, 0.15) is 21.5 Å². The molecule has 0 amide bonds. The first-order valence-electron chi connectivity index (χ1n) is 6.95. The van der Waals surface area contributed by atoms with E-state index in [9.17, 15) is 4.79 Å². The number of ether oxygens (including phenoxy) is 1.